The molecule has 8 heteroatoms. The first-order valence-corrected chi connectivity index (χ1v) is 6.62. The predicted molar refractivity (Wildman–Crippen MR) is 93.1 cm³/mol. The number of alkyl halides is 2. The van der Waals surface area contributed by atoms with Crippen LogP contribution in [-0.2, 0) is 0 Å². The molecule has 0 bridgehead atoms. The van der Waals surface area contributed by atoms with E-state index >= 15 is 0 Å². The monoisotopic (exact) mass is 429 g/mol. The van der Waals surface area contributed by atoms with Crippen molar-refractivity contribution >= 4 is 29.9 Å². The van der Waals surface area contributed by atoms with Crippen LogP contribution in [0.2, 0.25) is 0 Å². The number of hydrogen-bond acceptors (Lipinski definition) is 3. The lowest BCUT2D eigenvalue weighted by Crippen LogP contribution is -2.36. The first-order valence-electron chi connectivity index (χ1n) is 6.62. The van der Waals surface area contributed by atoms with E-state index in [2.05, 4.69) is 15.0 Å². The summed E-state index contributed by atoms with van der Waals surface area (Å²) in [5, 5.41) is 13.1. The molecule has 126 valence electrons. The van der Waals surface area contributed by atoms with E-state index in [-0.39, 0.29) is 36.3 Å². The molecular formula is C14H22F2IN3O2. The summed E-state index contributed by atoms with van der Waals surface area (Å²) in [6.07, 6.45) is -0.806. The minimum absolute atomic E-state index is 0. The summed E-state index contributed by atoms with van der Waals surface area (Å²) in [6.45, 7) is 0.00706. The van der Waals surface area contributed by atoms with Crippen LogP contribution in [0.3, 0.4) is 0 Å². The summed E-state index contributed by atoms with van der Waals surface area (Å²) in [6, 6.07) is 5.87. The van der Waals surface area contributed by atoms with Gasteiger partial charge in [-0.05, 0) is 24.6 Å². The second kappa shape index (κ2) is 10.5. The molecule has 0 heterocycles. The van der Waals surface area contributed by atoms with Gasteiger partial charge in [0.05, 0.1) is 12.6 Å². The Kier molecular flexibility index (Phi) is 9.99. The Morgan fingerprint density at radius 2 is 1.91 bits per heavy atom. The van der Waals surface area contributed by atoms with Gasteiger partial charge in [0.1, 0.15) is 5.75 Å². The zero-order chi connectivity index (χ0) is 15.8. The molecule has 0 saturated carbocycles. The van der Waals surface area contributed by atoms with Gasteiger partial charge in [0.15, 0.2) is 5.96 Å². The van der Waals surface area contributed by atoms with Crippen LogP contribution in [0, 0.1) is 0 Å². The van der Waals surface area contributed by atoms with Crippen LogP contribution in [-0.4, -0.2) is 49.8 Å². The van der Waals surface area contributed by atoms with Crippen LogP contribution in [0.15, 0.2) is 29.3 Å². The Bertz CT molecular complexity index is 456. The molecule has 0 saturated heterocycles. The van der Waals surface area contributed by atoms with E-state index < -0.39 is 12.7 Å². The molecule has 5 nitrogen and oxygen atoms in total. The summed E-state index contributed by atoms with van der Waals surface area (Å²) in [4.78, 5) is 6.11. The van der Waals surface area contributed by atoms with Gasteiger partial charge in [0.25, 0.3) is 0 Å². The zero-order valence-corrected chi connectivity index (χ0v) is 15.1. The maximum Gasteiger partial charge on any atom is 0.387 e. The highest BCUT2D eigenvalue weighted by molar-refractivity contribution is 14.0. The largest absolute Gasteiger partial charge is 0.435 e. The van der Waals surface area contributed by atoms with Gasteiger partial charge in [-0.15, -0.1) is 24.0 Å². The Morgan fingerprint density at radius 1 is 1.32 bits per heavy atom. The number of nitrogens with zero attached hydrogens (tertiary/aromatic N) is 2. The molecule has 0 amide bonds. The summed E-state index contributed by atoms with van der Waals surface area (Å²) in [5.74, 6) is 0.736. The highest BCUT2D eigenvalue weighted by Gasteiger charge is 2.10. The maximum atomic E-state index is 12.0. The second-order valence-electron chi connectivity index (χ2n) is 4.55. The Hall–Kier alpha value is -1.16. The lowest BCUT2D eigenvalue weighted by atomic mass is 10.1. The summed E-state index contributed by atoms with van der Waals surface area (Å²) in [7, 11) is 3.70. The second-order valence-corrected chi connectivity index (χ2v) is 4.55. The summed E-state index contributed by atoms with van der Waals surface area (Å²) >= 11 is 0. The summed E-state index contributed by atoms with van der Waals surface area (Å²) < 4.78 is 28.3. The number of ether oxygens (including phenoxy) is 1. The predicted octanol–water partition coefficient (Wildman–Crippen LogP) is 2.47. The van der Waals surface area contributed by atoms with Gasteiger partial charge in [0, 0.05) is 20.6 Å². The third-order valence-electron chi connectivity index (χ3n) is 2.66. The molecule has 0 radical (unpaired) electrons. The van der Waals surface area contributed by atoms with Gasteiger partial charge < -0.3 is 20.1 Å². The number of nitrogens with one attached hydrogen (secondary N) is 1. The molecule has 1 aromatic carbocycles. The van der Waals surface area contributed by atoms with Crippen molar-refractivity contribution in [3.63, 3.8) is 0 Å². The molecule has 22 heavy (non-hydrogen) atoms. The lowest BCUT2D eigenvalue weighted by Gasteiger charge is -2.17. The quantitative estimate of drug-likeness (QED) is 0.415. The maximum absolute atomic E-state index is 12.0. The van der Waals surface area contributed by atoms with Crippen molar-refractivity contribution in [2.45, 2.75) is 19.6 Å². The van der Waals surface area contributed by atoms with Crippen molar-refractivity contribution in [1.29, 1.82) is 0 Å². The number of benzene rings is 1. The number of aliphatic hydroxyl groups is 1. The molecule has 0 aliphatic heterocycles. The first kappa shape index (κ1) is 20.8. The van der Waals surface area contributed by atoms with Crippen LogP contribution >= 0.6 is 24.0 Å². The van der Waals surface area contributed by atoms with Crippen LogP contribution in [0.4, 0.5) is 8.78 Å². The van der Waals surface area contributed by atoms with E-state index in [0.29, 0.717) is 11.5 Å². The average molecular weight is 429 g/mol. The fourth-order valence-corrected chi connectivity index (χ4v) is 1.66. The van der Waals surface area contributed by atoms with Gasteiger partial charge in [0.2, 0.25) is 0 Å². The SMILES string of the molecule is CCNC(=NCC(O)c1ccc(OC(F)F)cc1)N(C)C.I. The first-order chi connectivity index (χ1) is 9.93. The third kappa shape index (κ3) is 7.21. The molecule has 0 aromatic heterocycles. The van der Waals surface area contributed by atoms with Crippen molar-refractivity contribution in [3.8, 4) is 5.75 Å². The molecule has 0 aliphatic carbocycles. The number of rotatable bonds is 6. The highest BCUT2D eigenvalue weighted by atomic mass is 127. The number of halogens is 3. The number of guanidine groups is 1. The molecule has 1 aromatic rings. The van der Waals surface area contributed by atoms with E-state index in [1.807, 2.05) is 25.9 Å². The van der Waals surface area contributed by atoms with E-state index in [0.717, 1.165) is 6.54 Å². The van der Waals surface area contributed by atoms with Gasteiger partial charge in [-0.25, -0.2) is 0 Å². The van der Waals surface area contributed by atoms with Crippen molar-refractivity contribution in [2.24, 2.45) is 4.99 Å². The number of aliphatic hydroxyl groups excluding tert-OH is 1. The van der Waals surface area contributed by atoms with Gasteiger partial charge in [-0.2, -0.15) is 8.78 Å². The number of hydrogen-bond donors (Lipinski definition) is 2. The van der Waals surface area contributed by atoms with E-state index in [9.17, 15) is 13.9 Å². The highest BCUT2D eigenvalue weighted by Crippen LogP contribution is 2.19. The molecule has 2 N–H and O–H groups in total. The molecule has 1 unspecified atom stereocenters. The van der Waals surface area contributed by atoms with E-state index in [1.165, 1.54) is 12.1 Å². The third-order valence-corrected chi connectivity index (χ3v) is 2.66. The molecule has 1 atom stereocenters. The Morgan fingerprint density at radius 3 is 2.36 bits per heavy atom. The fourth-order valence-electron chi connectivity index (χ4n) is 1.66. The van der Waals surface area contributed by atoms with Gasteiger partial charge >= 0.3 is 6.61 Å². The molecule has 0 aliphatic rings. The molecule has 1 rings (SSSR count). The smallest absolute Gasteiger partial charge is 0.387 e. The minimum atomic E-state index is -2.85. The van der Waals surface area contributed by atoms with Crippen molar-refractivity contribution in [2.75, 3.05) is 27.2 Å². The van der Waals surface area contributed by atoms with Crippen molar-refractivity contribution < 1.29 is 18.6 Å². The van der Waals surface area contributed by atoms with Crippen LogP contribution in [0.1, 0.15) is 18.6 Å². The molecule has 0 fully saturated rings. The minimum Gasteiger partial charge on any atom is -0.435 e. The average Bonchev–Trinajstić information content (AvgIpc) is 2.43. The normalized spacial score (nSPS) is 12.6. The van der Waals surface area contributed by atoms with Crippen LogP contribution < -0.4 is 10.1 Å². The Labute approximate surface area is 146 Å². The number of aliphatic imine (C=N–C) groups is 1. The molecule has 0 spiro atoms. The van der Waals surface area contributed by atoms with Gasteiger partial charge in [-0.3, -0.25) is 4.99 Å². The summed E-state index contributed by atoms with van der Waals surface area (Å²) in [5.41, 5.74) is 0.593. The van der Waals surface area contributed by atoms with Crippen LogP contribution in [0.25, 0.3) is 0 Å². The van der Waals surface area contributed by atoms with Crippen LogP contribution in [0.5, 0.6) is 5.75 Å². The zero-order valence-electron chi connectivity index (χ0n) is 12.8. The lowest BCUT2D eigenvalue weighted by molar-refractivity contribution is -0.0498. The Balaban J connectivity index is 0.00000441. The topological polar surface area (TPSA) is 57.1 Å². The fraction of sp³-hybridized carbons (Fsp3) is 0.500. The van der Waals surface area contributed by atoms with Gasteiger partial charge in [-0.1, -0.05) is 12.1 Å². The van der Waals surface area contributed by atoms with Crippen molar-refractivity contribution in [3.05, 3.63) is 29.8 Å². The standard InChI is InChI=1S/C14H21F2N3O2.HI/c1-4-17-14(19(2)3)18-9-12(20)10-5-7-11(8-6-10)21-13(15)16;/h5-8,12-13,20H,4,9H2,1-3H3,(H,17,18);1H. The van der Waals surface area contributed by atoms with Crippen molar-refractivity contribution in [1.82, 2.24) is 10.2 Å². The molecular weight excluding hydrogens is 407 g/mol. The van der Waals surface area contributed by atoms with E-state index in [1.54, 1.807) is 12.1 Å². The van der Waals surface area contributed by atoms with E-state index in [4.69, 9.17) is 0 Å².